The summed E-state index contributed by atoms with van der Waals surface area (Å²) < 4.78 is 31.8. The number of nitrogens with one attached hydrogen (secondary N) is 1. The number of likely N-dealkylation sites (N-methyl/N-ethyl adjacent to an activating group) is 1. The number of urea groups is 1. The van der Waals surface area contributed by atoms with Gasteiger partial charge in [-0.15, -0.1) is 0 Å². The number of nitrogens with zero attached hydrogens (tertiary/aromatic N) is 6. The Morgan fingerprint density at radius 2 is 1.58 bits per heavy atom. The number of methoxy groups -OCH3 is 2. The summed E-state index contributed by atoms with van der Waals surface area (Å²) >= 11 is 0. The van der Waals surface area contributed by atoms with Gasteiger partial charge in [0.25, 0.3) is 5.56 Å². The lowest BCUT2D eigenvalue weighted by Crippen LogP contribution is -2.59. The van der Waals surface area contributed by atoms with Crippen LogP contribution in [0, 0.1) is 5.82 Å². The van der Waals surface area contributed by atoms with Crippen LogP contribution in [0.5, 0.6) is 11.5 Å². The van der Waals surface area contributed by atoms with E-state index < -0.39 is 35.6 Å². The number of rotatable bonds is 9. The molecule has 0 aliphatic carbocycles. The van der Waals surface area contributed by atoms with E-state index in [9.17, 15) is 23.6 Å². The second-order valence-electron chi connectivity index (χ2n) is 13.7. The number of piperazine rings is 1. The first kappa shape index (κ1) is 38.4. The fourth-order valence-electron chi connectivity index (χ4n) is 6.03. The number of carbonyl (C=O) groups is 3. The molecule has 0 spiro atoms. The van der Waals surface area contributed by atoms with Gasteiger partial charge in [0, 0.05) is 31.9 Å². The van der Waals surface area contributed by atoms with Gasteiger partial charge in [-0.25, -0.2) is 23.6 Å². The van der Waals surface area contributed by atoms with Crippen molar-refractivity contribution in [3.8, 4) is 11.5 Å². The number of para-hydroxylation sites is 1. The van der Waals surface area contributed by atoms with E-state index in [0.717, 1.165) is 0 Å². The number of hydrogen-bond acceptors (Lipinski definition) is 9. The van der Waals surface area contributed by atoms with Crippen molar-refractivity contribution in [3.05, 3.63) is 88.7 Å². The summed E-state index contributed by atoms with van der Waals surface area (Å²) in [4.78, 5) is 64.1. The SMILES string of the molecule is COc1ccc(N(C(=O)Nc2ccc(F)cc2)C(C)c2nc3ccccc3c(=O)n2N2CCN(C(=O)C(C)N(C)C(=O)OC(C)(C)C)CC2)c(OC)c1. The molecule has 1 fully saturated rings. The smallest absolute Gasteiger partial charge is 0.410 e. The third-order valence-corrected chi connectivity index (χ3v) is 8.97. The molecule has 5 rings (SSSR count). The summed E-state index contributed by atoms with van der Waals surface area (Å²) in [5.74, 6) is 0.347. The molecule has 2 atom stereocenters. The highest BCUT2D eigenvalue weighted by atomic mass is 19.1. The maximum atomic E-state index is 14.4. The fourth-order valence-corrected chi connectivity index (χ4v) is 6.03. The van der Waals surface area contributed by atoms with Crippen LogP contribution in [0.2, 0.25) is 0 Å². The zero-order chi connectivity index (χ0) is 38.6. The molecule has 282 valence electrons. The van der Waals surface area contributed by atoms with E-state index in [0.29, 0.717) is 33.8 Å². The monoisotopic (exact) mass is 731 g/mol. The first-order valence-corrected chi connectivity index (χ1v) is 17.2. The topological polar surface area (TPSA) is 139 Å². The Balaban J connectivity index is 1.52. The van der Waals surface area contributed by atoms with Gasteiger partial charge in [0.05, 0.1) is 49.9 Å². The van der Waals surface area contributed by atoms with Gasteiger partial charge in [0.1, 0.15) is 29.0 Å². The van der Waals surface area contributed by atoms with Gasteiger partial charge in [0.2, 0.25) is 5.91 Å². The predicted octanol–water partition coefficient (Wildman–Crippen LogP) is 5.39. The quantitative estimate of drug-likeness (QED) is 0.240. The second-order valence-corrected chi connectivity index (χ2v) is 13.7. The molecule has 1 N–H and O–H groups in total. The summed E-state index contributed by atoms with van der Waals surface area (Å²) in [6.45, 7) is 9.67. The number of aromatic nitrogens is 2. The number of ether oxygens (including phenoxy) is 3. The highest BCUT2D eigenvalue weighted by Crippen LogP contribution is 2.37. The second kappa shape index (κ2) is 15.8. The number of benzene rings is 3. The Labute approximate surface area is 307 Å². The van der Waals surface area contributed by atoms with Crippen molar-refractivity contribution in [1.82, 2.24) is 19.5 Å². The first-order valence-electron chi connectivity index (χ1n) is 17.2. The van der Waals surface area contributed by atoms with Crippen molar-refractivity contribution in [1.29, 1.82) is 0 Å². The van der Waals surface area contributed by atoms with Crippen molar-refractivity contribution >= 4 is 40.3 Å². The van der Waals surface area contributed by atoms with Crippen molar-refractivity contribution in [2.75, 3.05) is 62.7 Å². The maximum absolute atomic E-state index is 14.4. The van der Waals surface area contributed by atoms with E-state index in [1.54, 1.807) is 87.0 Å². The third-order valence-electron chi connectivity index (χ3n) is 8.97. The summed E-state index contributed by atoms with van der Waals surface area (Å²) in [5.41, 5.74) is 0.0656. The summed E-state index contributed by atoms with van der Waals surface area (Å²) in [6, 6.07) is 15.0. The molecular formula is C38H46FN7O7. The van der Waals surface area contributed by atoms with Gasteiger partial charge in [0.15, 0.2) is 5.82 Å². The molecule has 0 saturated carbocycles. The normalized spacial score (nSPS) is 14.3. The highest BCUT2D eigenvalue weighted by Gasteiger charge is 2.35. The zero-order valence-electron chi connectivity index (χ0n) is 31.3. The average molecular weight is 732 g/mol. The van der Waals surface area contributed by atoms with Gasteiger partial charge < -0.3 is 29.4 Å². The minimum absolute atomic E-state index is 0.249. The van der Waals surface area contributed by atoms with Crippen LogP contribution in [-0.4, -0.2) is 96.6 Å². The number of halogens is 1. The molecule has 14 nitrogen and oxygen atoms in total. The van der Waals surface area contributed by atoms with Crippen LogP contribution in [-0.2, 0) is 9.53 Å². The molecule has 15 heteroatoms. The standard InChI is InChI=1S/C38H46FN7O7/c1-24(45(31-18-17-28(51-7)23-32(31)52-8)36(49)40-27-15-13-26(39)14-16-27)33-41-30-12-10-9-11-29(30)35(48)46(33)44-21-19-43(20-22-44)34(47)25(2)42(6)37(50)53-38(3,4)5/h9-18,23-25H,19-22H2,1-8H3,(H,40,49). The molecule has 4 amide bonds. The largest absolute Gasteiger partial charge is 0.497 e. The molecule has 4 aromatic rings. The lowest BCUT2D eigenvalue weighted by molar-refractivity contribution is -0.136. The molecule has 1 aliphatic heterocycles. The Bertz CT molecular complexity index is 2020. The molecule has 3 aromatic carbocycles. The van der Waals surface area contributed by atoms with Gasteiger partial charge >= 0.3 is 12.1 Å². The van der Waals surface area contributed by atoms with Crippen molar-refractivity contribution in [3.63, 3.8) is 0 Å². The number of fused-ring (bicyclic) bond motifs is 1. The van der Waals surface area contributed by atoms with E-state index in [2.05, 4.69) is 5.32 Å². The first-order chi connectivity index (χ1) is 25.1. The molecule has 1 aromatic heterocycles. The van der Waals surface area contributed by atoms with Crippen LogP contribution in [0.15, 0.2) is 71.5 Å². The molecule has 0 bridgehead atoms. The minimum Gasteiger partial charge on any atom is -0.497 e. The Kier molecular flexibility index (Phi) is 11.4. The molecule has 53 heavy (non-hydrogen) atoms. The number of hydrogen-bond donors (Lipinski definition) is 1. The third kappa shape index (κ3) is 8.45. The van der Waals surface area contributed by atoms with E-state index in [1.165, 1.54) is 60.0 Å². The Morgan fingerprint density at radius 3 is 2.21 bits per heavy atom. The van der Waals surface area contributed by atoms with E-state index in [1.807, 2.05) is 0 Å². The lowest BCUT2D eigenvalue weighted by atomic mass is 10.1. The van der Waals surface area contributed by atoms with Crippen LogP contribution >= 0.6 is 0 Å². The summed E-state index contributed by atoms with van der Waals surface area (Å²) in [7, 11) is 4.51. The molecular weight excluding hydrogens is 685 g/mol. The van der Waals surface area contributed by atoms with Gasteiger partial charge in [-0.05, 0) is 83.1 Å². The van der Waals surface area contributed by atoms with Gasteiger partial charge in [-0.3, -0.25) is 19.4 Å². The van der Waals surface area contributed by atoms with E-state index in [-0.39, 0.29) is 43.5 Å². The average Bonchev–Trinajstić information content (AvgIpc) is 3.14. The van der Waals surface area contributed by atoms with Gasteiger partial charge in [-0.1, -0.05) is 12.1 Å². The van der Waals surface area contributed by atoms with Crippen LogP contribution in [0.1, 0.15) is 46.5 Å². The number of amides is 4. The van der Waals surface area contributed by atoms with Crippen molar-refractivity contribution < 1.29 is 33.0 Å². The highest BCUT2D eigenvalue weighted by molar-refractivity contribution is 6.03. The van der Waals surface area contributed by atoms with Crippen LogP contribution in [0.3, 0.4) is 0 Å². The molecule has 2 unspecified atom stereocenters. The van der Waals surface area contributed by atoms with Gasteiger partial charge in [-0.2, -0.15) is 0 Å². The molecule has 1 saturated heterocycles. The summed E-state index contributed by atoms with van der Waals surface area (Å²) in [5, 5.41) is 5.01. The van der Waals surface area contributed by atoms with Crippen molar-refractivity contribution in [2.24, 2.45) is 0 Å². The molecule has 2 heterocycles. The molecule has 1 aliphatic rings. The summed E-state index contributed by atoms with van der Waals surface area (Å²) in [6.07, 6.45) is -0.606. The van der Waals surface area contributed by atoms with E-state index >= 15 is 0 Å². The Morgan fingerprint density at radius 1 is 0.925 bits per heavy atom. The minimum atomic E-state index is -0.891. The number of carbonyl (C=O) groups excluding carboxylic acids is 3. The fraction of sp³-hybridized carbons (Fsp3) is 0.395. The maximum Gasteiger partial charge on any atom is 0.410 e. The Hall–Kier alpha value is -5.86. The lowest BCUT2D eigenvalue weighted by Gasteiger charge is -2.40. The zero-order valence-corrected chi connectivity index (χ0v) is 31.3. The van der Waals surface area contributed by atoms with Crippen LogP contribution in [0.25, 0.3) is 10.9 Å². The number of anilines is 2. The van der Waals surface area contributed by atoms with Crippen LogP contribution in [0.4, 0.5) is 25.4 Å². The predicted molar refractivity (Wildman–Crippen MR) is 200 cm³/mol. The van der Waals surface area contributed by atoms with Crippen molar-refractivity contribution in [2.45, 2.75) is 52.3 Å². The van der Waals surface area contributed by atoms with E-state index in [4.69, 9.17) is 19.2 Å². The molecule has 0 radical (unpaired) electrons. The van der Waals surface area contributed by atoms with Crippen LogP contribution < -0.4 is 30.3 Å².